The molecule has 0 atom stereocenters. The number of rotatable bonds is 7. The Kier molecular flexibility index (Phi) is 6.31. The zero-order chi connectivity index (χ0) is 21.9. The van der Waals surface area contributed by atoms with Crippen LogP contribution in [0.25, 0.3) is 0 Å². The fourth-order valence-corrected chi connectivity index (χ4v) is 5.17. The second-order valence-electron chi connectivity index (χ2n) is 7.04. The van der Waals surface area contributed by atoms with Crippen LogP contribution < -0.4 is 10.1 Å². The minimum atomic E-state index is -3.82. The Morgan fingerprint density at radius 2 is 1.77 bits per heavy atom. The van der Waals surface area contributed by atoms with Crippen LogP contribution in [-0.2, 0) is 16.4 Å². The molecule has 30 heavy (non-hydrogen) atoms. The Morgan fingerprint density at radius 1 is 1.07 bits per heavy atom. The number of aromatic nitrogens is 1. The van der Waals surface area contributed by atoms with E-state index in [0.717, 1.165) is 12.1 Å². The average molecular weight is 427 g/mol. The summed E-state index contributed by atoms with van der Waals surface area (Å²) in [5, 5.41) is 2.86. The number of nitrogens with one attached hydrogen (secondary N) is 1. The van der Waals surface area contributed by atoms with Crippen LogP contribution >= 0.6 is 0 Å². The maximum absolute atomic E-state index is 13.5. The molecule has 0 aliphatic heterocycles. The number of carbonyl (C=O) groups is 1. The molecule has 0 fully saturated rings. The molecule has 0 aliphatic rings. The molecule has 1 aromatic heterocycles. The van der Waals surface area contributed by atoms with E-state index >= 15 is 0 Å². The molecule has 3 rings (SSSR count). The average Bonchev–Trinajstić information content (AvgIpc) is 2.99. The third kappa shape index (κ3) is 3.98. The monoisotopic (exact) mass is 426 g/mol. The summed E-state index contributed by atoms with van der Waals surface area (Å²) in [6, 6.07) is 15.0. The first kappa shape index (κ1) is 21.6. The number of amides is 1. The molecule has 0 unspecified atom stereocenters. The van der Waals surface area contributed by atoms with Gasteiger partial charge in [-0.3, -0.25) is 4.79 Å². The van der Waals surface area contributed by atoms with Crippen molar-refractivity contribution >= 4 is 21.6 Å². The van der Waals surface area contributed by atoms with Crippen LogP contribution in [-0.4, -0.2) is 26.0 Å². The molecule has 1 N–H and O–H groups in total. The van der Waals surface area contributed by atoms with Gasteiger partial charge in [0.2, 0.25) is 9.84 Å². The maximum atomic E-state index is 13.5. The van der Waals surface area contributed by atoms with Crippen molar-refractivity contribution in [3.63, 3.8) is 0 Å². The maximum Gasteiger partial charge on any atom is 0.256 e. The highest BCUT2D eigenvalue weighted by atomic mass is 32.2. The van der Waals surface area contributed by atoms with Gasteiger partial charge in [0.1, 0.15) is 16.5 Å². The van der Waals surface area contributed by atoms with Gasteiger partial charge in [0.15, 0.2) is 0 Å². The van der Waals surface area contributed by atoms with Gasteiger partial charge in [-0.25, -0.2) is 8.42 Å². The van der Waals surface area contributed by atoms with Gasteiger partial charge >= 0.3 is 0 Å². The second-order valence-corrected chi connectivity index (χ2v) is 8.93. The van der Waals surface area contributed by atoms with E-state index in [2.05, 4.69) is 5.32 Å². The summed E-state index contributed by atoms with van der Waals surface area (Å²) in [7, 11) is -2.29. The number of anilines is 1. The Morgan fingerprint density at radius 3 is 2.40 bits per heavy atom. The first-order chi connectivity index (χ1) is 14.3. The van der Waals surface area contributed by atoms with E-state index in [1.807, 2.05) is 18.4 Å². The Hall–Kier alpha value is -3.06. The number of nitrogens with zero attached hydrogens (tertiary/aromatic N) is 1. The van der Waals surface area contributed by atoms with Crippen LogP contribution in [0.4, 0.5) is 5.82 Å². The molecular weight excluding hydrogens is 400 g/mol. The van der Waals surface area contributed by atoms with E-state index < -0.39 is 15.7 Å². The number of sulfone groups is 1. The highest BCUT2D eigenvalue weighted by molar-refractivity contribution is 7.91. The van der Waals surface area contributed by atoms with Crippen LogP contribution in [0.3, 0.4) is 0 Å². The predicted octanol–water partition coefficient (Wildman–Crippen LogP) is 4.61. The zero-order valence-corrected chi connectivity index (χ0v) is 18.4. The van der Waals surface area contributed by atoms with Gasteiger partial charge in [0, 0.05) is 17.8 Å². The molecule has 1 heterocycles. The van der Waals surface area contributed by atoms with Gasteiger partial charge in [-0.2, -0.15) is 0 Å². The molecule has 0 bridgehead atoms. The lowest BCUT2D eigenvalue weighted by atomic mass is 10.2. The van der Waals surface area contributed by atoms with E-state index in [1.54, 1.807) is 61.5 Å². The molecule has 0 saturated carbocycles. The minimum Gasteiger partial charge on any atom is -0.497 e. The molecule has 7 heteroatoms. The van der Waals surface area contributed by atoms with Crippen molar-refractivity contribution in [2.45, 2.75) is 43.5 Å². The summed E-state index contributed by atoms with van der Waals surface area (Å²) in [5.74, 6) is 0.452. The van der Waals surface area contributed by atoms with Gasteiger partial charge in [0.05, 0.1) is 12.0 Å². The van der Waals surface area contributed by atoms with Crippen molar-refractivity contribution in [1.29, 1.82) is 0 Å². The smallest absolute Gasteiger partial charge is 0.256 e. The van der Waals surface area contributed by atoms with Gasteiger partial charge in [0.25, 0.3) is 5.91 Å². The van der Waals surface area contributed by atoms with Crippen LogP contribution in [0.2, 0.25) is 0 Å². The highest BCUT2D eigenvalue weighted by Gasteiger charge is 2.30. The summed E-state index contributed by atoms with van der Waals surface area (Å²) in [6.45, 7) is 6.24. The highest BCUT2D eigenvalue weighted by Crippen LogP contribution is 2.35. The molecule has 0 saturated heterocycles. The molecule has 2 aromatic carbocycles. The Bertz CT molecular complexity index is 1170. The third-order valence-corrected chi connectivity index (χ3v) is 7.04. The zero-order valence-electron chi connectivity index (χ0n) is 17.6. The van der Waals surface area contributed by atoms with Crippen LogP contribution in [0.5, 0.6) is 5.75 Å². The van der Waals surface area contributed by atoms with Crippen LogP contribution in [0.1, 0.15) is 35.0 Å². The number of benzene rings is 2. The number of carbonyl (C=O) groups excluding carboxylic acids is 1. The standard InChI is InChI=1S/C23H26N2O4S/c1-5-14-25-17(3)16(2)21(30(27,28)20-12-7-6-8-13-20)22(25)24-23(26)18-10-9-11-19(15-18)29-4/h6-13,15H,5,14H2,1-4H3,(H,24,26). The lowest BCUT2D eigenvalue weighted by molar-refractivity contribution is 0.102. The van der Waals surface area contributed by atoms with Crippen LogP contribution in [0.15, 0.2) is 64.4 Å². The summed E-state index contributed by atoms with van der Waals surface area (Å²) in [5.41, 5.74) is 1.83. The van der Waals surface area contributed by atoms with Crippen LogP contribution in [0, 0.1) is 13.8 Å². The van der Waals surface area contributed by atoms with E-state index in [1.165, 1.54) is 7.11 Å². The Balaban J connectivity index is 2.15. The molecular formula is C23H26N2O4S. The topological polar surface area (TPSA) is 77.4 Å². The second kappa shape index (κ2) is 8.75. The lowest BCUT2D eigenvalue weighted by Gasteiger charge is -2.14. The Labute approximate surface area is 177 Å². The van der Waals surface area contributed by atoms with E-state index in [-0.39, 0.29) is 9.79 Å². The van der Waals surface area contributed by atoms with E-state index in [0.29, 0.717) is 29.2 Å². The molecule has 3 aromatic rings. The first-order valence-corrected chi connectivity index (χ1v) is 11.2. The molecule has 0 radical (unpaired) electrons. The largest absolute Gasteiger partial charge is 0.497 e. The quantitative estimate of drug-likeness (QED) is 0.599. The summed E-state index contributed by atoms with van der Waals surface area (Å²) < 4.78 is 34.0. The molecule has 6 nitrogen and oxygen atoms in total. The fraction of sp³-hybridized carbons (Fsp3) is 0.261. The van der Waals surface area contributed by atoms with Crippen molar-refractivity contribution in [3.05, 3.63) is 71.4 Å². The van der Waals surface area contributed by atoms with E-state index in [4.69, 9.17) is 4.74 Å². The number of hydrogen-bond acceptors (Lipinski definition) is 4. The summed E-state index contributed by atoms with van der Waals surface area (Å²) in [4.78, 5) is 13.3. The fourth-order valence-electron chi connectivity index (χ4n) is 3.45. The molecule has 0 aliphatic carbocycles. The van der Waals surface area contributed by atoms with Crippen molar-refractivity contribution in [2.75, 3.05) is 12.4 Å². The van der Waals surface area contributed by atoms with E-state index in [9.17, 15) is 13.2 Å². The van der Waals surface area contributed by atoms with Crippen molar-refractivity contribution < 1.29 is 17.9 Å². The van der Waals surface area contributed by atoms with Crippen molar-refractivity contribution in [1.82, 2.24) is 4.57 Å². The van der Waals surface area contributed by atoms with Gasteiger partial charge < -0.3 is 14.6 Å². The van der Waals surface area contributed by atoms with Gasteiger partial charge in [-0.05, 0) is 56.2 Å². The van der Waals surface area contributed by atoms with Gasteiger partial charge in [-0.15, -0.1) is 0 Å². The SMILES string of the molecule is CCCn1c(C)c(C)c(S(=O)(=O)c2ccccc2)c1NC(=O)c1cccc(OC)c1. The number of methoxy groups -OCH3 is 1. The summed E-state index contributed by atoms with van der Waals surface area (Å²) >= 11 is 0. The number of hydrogen-bond donors (Lipinski definition) is 1. The minimum absolute atomic E-state index is 0.135. The van der Waals surface area contributed by atoms with Crippen molar-refractivity contribution in [2.24, 2.45) is 0 Å². The first-order valence-electron chi connectivity index (χ1n) is 9.76. The third-order valence-electron chi connectivity index (χ3n) is 5.11. The lowest BCUT2D eigenvalue weighted by Crippen LogP contribution is -2.18. The predicted molar refractivity (Wildman–Crippen MR) is 117 cm³/mol. The molecule has 1 amide bonds. The van der Waals surface area contributed by atoms with Crippen molar-refractivity contribution in [3.8, 4) is 5.75 Å². The summed E-state index contributed by atoms with van der Waals surface area (Å²) in [6.07, 6.45) is 0.793. The molecule has 158 valence electrons. The number of ether oxygens (including phenoxy) is 1. The molecule has 0 spiro atoms. The van der Waals surface area contributed by atoms with Gasteiger partial charge in [-0.1, -0.05) is 31.2 Å². The normalized spacial score (nSPS) is 11.3.